The van der Waals surface area contributed by atoms with Gasteiger partial charge in [0.15, 0.2) is 5.96 Å². The molecule has 0 bridgehead atoms. The maximum Gasteiger partial charge on any atom is 0.188 e. The van der Waals surface area contributed by atoms with E-state index in [2.05, 4.69) is 16.4 Å². The molecule has 0 aromatic heterocycles. The minimum absolute atomic E-state index is 0. The minimum Gasteiger partial charge on any atom is -0.382 e. The van der Waals surface area contributed by atoms with Crippen LogP contribution in [0.5, 0.6) is 0 Å². The van der Waals surface area contributed by atoms with Gasteiger partial charge in [0.25, 0.3) is 0 Å². The molecule has 0 aliphatic rings. The second kappa shape index (κ2) is 14.7. The minimum atomic E-state index is 0. The van der Waals surface area contributed by atoms with E-state index in [1.54, 1.807) is 0 Å². The third kappa shape index (κ3) is 13.7. The number of halogens is 1. The molecule has 0 saturated carbocycles. The average Bonchev–Trinajstić information content (AvgIpc) is 2.24. The van der Waals surface area contributed by atoms with E-state index in [0.717, 1.165) is 39.1 Å². The van der Waals surface area contributed by atoms with Gasteiger partial charge >= 0.3 is 0 Å². The molecule has 0 aromatic rings. The van der Waals surface area contributed by atoms with Crippen molar-refractivity contribution < 1.29 is 4.74 Å². The first-order chi connectivity index (χ1) is 7.31. The quantitative estimate of drug-likeness (QED) is 0.233. The van der Waals surface area contributed by atoms with E-state index in [9.17, 15) is 0 Å². The second-order valence-corrected chi connectivity index (χ2v) is 3.10. The summed E-state index contributed by atoms with van der Waals surface area (Å²) in [6.45, 7) is 7.08. The van der Waals surface area contributed by atoms with Gasteiger partial charge in [-0.25, -0.2) is 0 Å². The van der Waals surface area contributed by atoms with Crippen LogP contribution in [-0.2, 0) is 4.74 Å². The molecule has 4 nitrogen and oxygen atoms in total. The Morgan fingerprint density at radius 2 is 2.25 bits per heavy atom. The third-order valence-corrected chi connectivity index (χ3v) is 1.79. The lowest BCUT2D eigenvalue weighted by Crippen LogP contribution is -2.32. The molecular weight excluding hydrogens is 317 g/mol. The highest BCUT2D eigenvalue weighted by molar-refractivity contribution is 14.0. The molecule has 16 heavy (non-hydrogen) atoms. The topological polar surface area (TPSA) is 59.6 Å². The van der Waals surface area contributed by atoms with Crippen LogP contribution < -0.4 is 11.1 Å². The Hall–Kier alpha value is -0.300. The van der Waals surface area contributed by atoms with Crippen molar-refractivity contribution in [1.29, 1.82) is 0 Å². The fraction of sp³-hybridized carbons (Fsp3) is 0.727. The van der Waals surface area contributed by atoms with Crippen LogP contribution >= 0.6 is 24.0 Å². The van der Waals surface area contributed by atoms with Gasteiger partial charge in [0.1, 0.15) is 0 Å². The van der Waals surface area contributed by atoms with Crippen LogP contribution in [0.4, 0.5) is 0 Å². The summed E-state index contributed by atoms with van der Waals surface area (Å²) in [5.41, 5.74) is 5.64. The normalized spacial score (nSPS) is 11.5. The Balaban J connectivity index is 0. The number of hydrogen-bond donors (Lipinski definition) is 2. The molecule has 0 aliphatic carbocycles. The molecule has 0 heterocycles. The Labute approximate surface area is 116 Å². The van der Waals surface area contributed by atoms with Crippen LogP contribution in [-0.4, -0.2) is 32.3 Å². The molecule has 5 heteroatoms. The van der Waals surface area contributed by atoms with E-state index >= 15 is 0 Å². The largest absolute Gasteiger partial charge is 0.382 e. The van der Waals surface area contributed by atoms with E-state index in [1.165, 1.54) is 0 Å². The molecule has 0 rings (SSSR count). The molecule has 0 spiro atoms. The number of nitrogens with one attached hydrogen (secondary N) is 1. The molecule has 0 saturated heterocycles. The lowest BCUT2D eigenvalue weighted by Gasteiger charge is -2.03. The molecule has 0 unspecified atom stereocenters. The molecular formula is C11H24IN3O. The summed E-state index contributed by atoms with van der Waals surface area (Å²) in [4.78, 5) is 4.17. The number of nitrogens with zero attached hydrogens (tertiary/aromatic N) is 1. The molecule has 96 valence electrons. The van der Waals surface area contributed by atoms with Gasteiger partial charge in [-0.2, -0.15) is 0 Å². The SMILES string of the molecule is CC=CCCNC(N)=NCCCOCC.I. The molecule has 0 atom stereocenters. The van der Waals surface area contributed by atoms with E-state index < -0.39 is 0 Å². The van der Waals surface area contributed by atoms with Crippen molar-refractivity contribution in [2.24, 2.45) is 10.7 Å². The Bertz CT molecular complexity index is 196. The zero-order valence-electron chi connectivity index (χ0n) is 10.2. The van der Waals surface area contributed by atoms with Crippen LogP contribution in [0, 0.1) is 0 Å². The lowest BCUT2D eigenvalue weighted by molar-refractivity contribution is 0.146. The van der Waals surface area contributed by atoms with E-state index in [1.807, 2.05) is 19.9 Å². The molecule has 0 aliphatic heterocycles. The van der Waals surface area contributed by atoms with Gasteiger partial charge in [-0.3, -0.25) is 4.99 Å². The van der Waals surface area contributed by atoms with Crippen LogP contribution in [0.25, 0.3) is 0 Å². The number of allylic oxidation sites excluding steroid dienone is 1. The summed E-state index contributed by atoms with van der Waals surface area (Å²) in [6.07, 6.45) is 6.02. The smallest absolute Gasteiger partial charge is 0.188 e. The summed E-state index contributed by atoms with van der Waals surface area (Å²) >= 11 is 0. The molecule has 0 radical (unpaired) electrons. The zero-order valence-corrected chi connectivity index (χ0v) is 12.6. The van der Waals surface area contributed by atoms with E-state index in [0.29, 0.717) is 5.96 Å². The van der Waals surface area contributed by atoms with Gasteiger partial charge in [0.2, 0.25) is 0 Å². The van der Waals surface area contributed by atoms with Crippen LogP contribution in [0.2, 0.25) is 0 Å². The Morgan fingerprint density at radius 3 is 2.88 bits per heavy atom. The van der Waals surface area contributed by atoms with Gasteiger partial charge < -0.3 is 15.8 Å². The standard InChI is InChI=1S/C11H23N3O.HI/c1-3-5-6-8-13-11(12)14-9-7-10-15-4-2;/h3,5H,4,6-10H2,1-2H3,(H3,12,13,14);1H. The number of ether oxygens (including phenoxy) is 1. The van der Waals surface area contributed by atoms with Gasteiger partial charge in [0, 0.05) is 26.3 Å². The highest BCUT2D eigenvalue weighted by Gasteiger charge is 1.89. The van der Waals surface area contributed by atoms with Crippen molar-refractivity contribution in [3.63, 3.8) is 0 Å². The Kier molecular flexibility index (Phi) is 16.6. The highest BCUT2D eigenvalue weighted by atomic mass is 127. The monoisotopic (exact) mass is 341 g/mol. The first kappa shape index (κ1) is 18.1. The molecule has 0 aromatic carbocycles. The Morgan fingerprint density at radius 1 is 1.50 bits per heavy atom. The highest BCUT2D eigenvalue weighted by Crippen LogP contribution is 1.84. The first-order valence-electron chi connectivity index (χ1n) is 5.54. The van der Waals surface area contributed by atoms with Crippen LogP contribution in [0.15, 0.2) is 17.1 Å². The number of aliphatic imine (C=N–C) groups is 1. The van der Waals surface area contributed by atoms with Crippen molar-refractivity contribution in [2.45, 2.75) is 26.7 Å². The van der Waals surface area contributed by atoms with Crippen molar-refractivity contribution in [1.82, 2.24) is 5.32 Å². The van der Waals surface area contributed by atoms with Gasteiger partial charge in [-0.15, -0.1) is 24.0 Å². The number of hydrogen-bond acceptors (Lipinski definition) is 2. The van der Waals surface area contributed by atoms with Crippen molar-refractivity contribution in [3.05, 3.63) is 12.2 Å². The summed E-state index contributed by atoms with van der Waals surface area (Å²) in [6, 6.07) is 0. The fourth-order valence-corrected chi connectivity index (χ4v) is 1.02. The van der Waals surface area contributed by atoms with Crippen molar-refractivity contribution in [3.8, 4) is 0 Å². The summed E-state index contributed by atoms with van der Waals surface area (Å²) in [5.74, 6) is 0.524. The number of nitrogens with two attached hydrogens (primary N) is 1. The third-order valence-electron chi connectivity index (χ3n) is 1.79. The van der Waals surface area contributed by atoms with E-state index in [-0.39, 0.29) is 24.0 Å². The molecule has 0 amide bonds. The zero-order chi connectivity index (χ0) is 11.4. The molecule has 3 N–H and O–H groups in total. The van der Waals surface area contributed by atoms with Crippen LogP contribution in [0.3, 0.4) is 0 Å². The molecule has 0 fully saturated rings. The number of guanidine groups is 1. The summed E-state index contributed by atoms with van der Waals surface area (Å²) in [5, 5.41) is 3.04. The predicted octanol–water partition coefficient (Wildman–Crippen LogP) is 1.90. The van der Waals surface area contributed by atoms with Gasteiger partial charge in [0.05, 0.1) is 0 Å². The first-order valence-corrected chi connectivity index (χ1v) is 5.54. The maximum atomic E-state index is 5.64. The lowest BCUT2D eigenvalue weighted by atomic mass is 10.4. The van der Waals surface area contributed by atoms with Gasteiger partial charge in [-0.1, -0.05) is 12.2 Å². The van der Waals surface area contributed by atoms with Crippen molar-refractivity contribution >= 4 is 29.9 Å². The van der Waals surface area contributed by atoms with E-state index in [4.69, 9.17) is 10.5 Å². The number of rotatable bonds is 8. The maximum absolute atomic E-state index is 5.64. The summed E-state index contributed by atoms with van der Waals surface area (Å²) < 4.78 is 5.19. The van der Waals surface area contributed by atoms with Gasteiger partial charge in [-0.05, 0) is 26.7 Å². The van der Waals surface area contributed by atoms with Crippen LogP contribution in [0.1, 0.15) is 26.7 Å². The summed E-state index contributed by atoms with van der Waals surface area (Å²) in [7, 11) is 0. The van der Waals surface area contributed by atoms with Crippen molar-refractivity contribution in [2.75, 3.05) is 26.3 Å². The fourth-order valence-electron chi connectivity index (χ4n) is 1.02. The predicted molar refractivity (Wildman–Crippen MR) is 80.4 cm³/mol. The second-order valence-electron chi connectivity index (χ2n) is 3.10. The average molecular weight is 341 g/mol.